The first-order chi connectivity index (χ1) is 21.3. The quantitative estimate of drug-likeness (QED) is 0.0536. The fourth-order valence-corrected chi connectivity index (χ4v) is 5.80. The first-order valence-electron chi connectivity index (χ1n) is 19.9. The van der Waals surface area contributed by atoms with Gasteiger partial charge in [-0.1, -0.05) is 131 Å². The highest BCUT2D eigenvalue weighted by molar-refractivity contribution is 4.74. The van der Waals surface area contributed by atoms with Gasteiger partial charge in [0.2, 0.25) is 0 Å². The van der Waals surface area contributed by atoms with E-state index in [1.54, 1.807) is 0 Å². The van der Waals surface area contributed by atoms with Crippen molar-refractivity contribution in [2.24, 2.45) is 11.8 Å². The van der Waals surface area contributed by atoms with Crippen LogP contribution in [0.3, 0.4) is 0 Å². The Bertz CT molecular complexity index is 510. The third-order valence-electron chi connectivity index (χ3n) is 9.80. The molecule has 0 spiro atoms. The molecule has 0 aliphatic rings. The monoisotopic (exact) mass is 627 g/mol. The Morgan fingerprint density at radius 1 is 0.318 bits per heavy atom. The topological polar surface area (TPSA) is 36.9 Å². The normalized spacial score (nSPS) is 17.6. The van der Waals surface area contributed by atoms with E-state index < -0.39 is 0 Å². The van der Waals surface area contributed by atoms with Crippen molar-refractivity contribution in [2.45, 2.75) is 247 Å². The van der Waals surface area contributed by atoms with Gasteiger partial charge in [0.25, 0.3) is 0 Å². The first kappa shape index (κ1) is 43.8. The van der Waals surface area contributed by atoms with Crippen LogP contribution in [0.4, 0.5) is 0 Å². The van der Waals surface area contributed by atoms with E-state index in [-0.39, 0.29) is 37.0 Å². The van der Waals surface area contributed by atoms with Gasteiger partial charge in [0.1, 0.15) is 0 Å². The summed E-state index contributed by atoms with van der Waals surface area (Å²) in [5.74, 6) is 0.802. The summed E-state index contributed by atoms with van der Waals surface area (Å²) in [5.41, 5.74) is 0. The first-order valence-corrected chi connectivity index (χ1v) is 19.9. The minimum Gasteiger partial charge on any atom is -0.349 e. The van der Waals surface area contributed by atoms with Crippen LogP contribution in [-0.4, -0.2) is 37.0 Å². The second-order valence-electron chi connectivity index (χ2n) is 14.1. The molecule has 0 amide bonds. The number of hydrogen-bond acceptors (Lipinski definition) is 4. The van der Waals surface area contributed by atoms with Crippen LogP contribution >= 0.6 is 0 Å². The maximum Gasteiger partial charge on any atom is 0.161 e. The highest BCUT2D eigenvalue weighted by Gasteiger charge is 2.31. The van der Waals surface area contributed by atoms with E-state index in [2.05, 4.69) is 69.2 Å². The summed E-state index contributed by atoms with van der Waals surface area (Å²) < 4.78 is 26.6. The molecule has 0 fully saturated rings. The van der Waals surface area contributed by atoms with E-state index in [0.29, 0.717) is 11.8 Å². The molecule has 0 aromatic carbocycles. The fraction of sp³-hybridized carbons (Fsp3) is 1.00. The molecule has 0 N–H and O–H groups in total. The highest BCUT2D eigenvalue weighted by Crippen LogP contribution is 2.32. The largest absolute Gasteiger partial charge is 0.349 e. The van der Waals surface area contributed by atoms with Gasteiger partial charge in [-0.3, -0.25) is 0 Å². The minimum absolute atomic E-state index is 0.136. The summed E-state index contributed by atoms with van der Waals surface area (Å²) in [6.07, 6.45) is 27.9. The van der Waals surface area contributed by atoms with Gasteiger partial charge in [-0.15, -0.1) is 0 Å². The predicted octanol–water partition coefficient (Wildman–Crippen LogP) is 13.2. The van der Waals surface area contributed by atoms with E-state index >= 15 is 0 Å². The lowest BCUT2D eigenvalue weighted by Crippen LogP contribution is -2.36. The van der Waals surface area contributed by atoms with Crippen molar-refractivity contribution in [2.75, 3.05) is 0 Å². The van der Waals surface area contributed by atoms with Gasteiger partial charge in [0.05, 0.1) is 24.4 Å². The van der Waals surface area contributed by atoms with Gasteiger partial charge in [-0.2, -0.15) is 0 Å². The molecule has 0 aromatic heterocycles. The Hall–Kier alpha value is -0.160. The Balaban J connectivity index is 5.81. The molecule has 0 aliphatic carbocycles. The van der Waals surface area contributed by atoms with Crippen molar-refractivity contribution in [3.8, 4) is 0 Å². The zero-order valence-electron chi connectivity index (χ0n) is 31.8. The number of ether oxygens (including phenoxy) is 4. The fourth-order valence-electron chi connectivity index (χ4n) is 5.80. The number of unbranched alkanes of at least 4 members (excludes halogenated alkanes) is 12. The Morgan fingerprint density at radius 3 is 0.818 bits per heavy atom. The molecule has 0 aliphatic heterocycles. The zero-order valence-corrected chi connectivity index (χ0v) is 31.8. The van der Waals surface area contributed by atoms with Gasteiger partial charge in [0, 0.05) is 11.8 Å². The lowest BCUT2D eigenvalue weighted by molar-refractivity contribution is -0.226. The third-order valence-corrected chi connectivity index (χ3v) is 9.80. The van der Waals surface area contributed by atoms with Crippen molar-refractivity contribution < 1.29 is 18.9 Å². The van der Waals surface area contributed by atoms with Crippen LogP contribution in [0.1, 0.15) is 210 Å². The summed E-state index contributed by atoms with van der Waals surface area (Å²) in [6.45, 7) is 22.3. The molecule has 0 aromatic rings. The number of rotatable bonds is 33. The zero-order chi connectivity index (χ0) is 33.0. The van der Waals surface area contributed by atoms with Crippen LogP contribution in [0.2, 0.25) is 0 Å². The van der Waals surface area contributed by atoms with Crippen molar-refractivity contribution >= 4 is 0 Å². The highest BCUT2D eigenvalue weighted by atomic mass is 16.7. The Labute approximate surface area is 277 Å². The molecule has 266 valence electrons. The van der Waals surface area contributed by atoms with Crippen LogP contribution < -0.4 is 0 Å². The third kappa shape index (κ3) is 23.2. The Morgan fingerprint density at radius 2 is 0.568 bits per heavy atom. The molecule has 6 unspecified atom stereocenters. The minimum atomic E-state index is -0.136. The maximum absolute atomic E-state index is 6.66. The predicted molar refractivity (Wildman–Crippen MR) is 192 cm³/mol. The van der Waals surface area contributed by atoms with Crippen molar-refractivity contribution in [3.05, 3.63) is 0 Å². The van der Waals surface area contributed by atoms with Crippen LogP contribution in [-0.2, 0) is 18.9 Å². The smallest absolute Gasteiger partial charge is 0.161 e. The van der Waals surface area contributed by atoms with E-state index in [0.717, 1.165) is 38.5 Å². The molecular weight excluding hydrogens is 544 g/mol. The SMILES string of the molecule is CCCCCCCCCC(CCC(CCCCCCCCC)C(OC(C)CC)OC(C)CC)C(OC(C)CC)OC(C)CC. The van der Waals surface area contributed by atoms with Gasteiger partial charge < -0.3 is 18.9 Å². The van der Waals surface area contributed by atoms with E-state index in [1.165, 1.54) is 103 Å². The molecule has 0 saturated carbocycles. The summed E-state index contributed by atoms with van der Waals surface area (Å²) in [4.78, 5) is 0. The van der Waals surface area contributed by atoms with Gasteiger partial charge in [-0.25, -0.2) is 0 Å². The second kappa shape index (κ2) is 30.2. The molecule has 0 bridgehead atoms. The lowest BCUT2D eigenvalue weighted by atomic mass is 9.87. The van der Waals surface area contributed by atoms with Crippen LogP contribution in [0, 0.1) is 11.8 Å². The molecule has 4 nitrogen and oxygen atoms in total. The summed E-state index contributed by atoms with van der Waals surface area (Å²) >= 11 is 0. The van der Waals surface area contributed by atoms with E-state index in [9.17, 15) is 0 Å². The molecule has 0 rings (SSSR count). The molecule has 0 heterocycles. The van der Waals surface area contributed by atoms with Crippen molar-refractivity contribution in [3.63, 3.8) is 0 Å². The van der Waals surface area contributed by atoms with Gasteiger partial charge in [0.15, 0.2) is 12.6 Å². The standard InChI is InChI=1S/C40H82O4/c1-11-17-19-21-23-25-27-29-37(39(41-33(7)13-3)42-34(8)14-4)31-32-38(30-28-26-24-22-20-18-12-2)40(43-35(9)15-5)44-36(10)16-6/h33-40H,11-32H2,1-10H3. The lowest BCUT2D eigenvalue weighted by Gasteiger charge is -2.35. The average Bonchev–Trinajstić information content (AvgIpc) is 3.02. The molecule has 44 heavy (non-hydrogen) atoms. The Kier molecular flexibility index (Phi) is 30.1. The molecule has 6 atom stereocenters. The maximum atomic E-state index is 6.66. The van der Waals surface area contributed by atoms with Crippen LogP contribution in [0.15, 0.2) is 0 Å². The van der Waals surface area contributed by atoms with E-state index in [4.69, 9.17) is 18.9 Å². The summed E-state index contributed by atoms with van der Waals surface area (Å²) in [5, 5.41) is 0. The van der Waals surface area contributed by atoms with Crippen LogP contribution in [0.25, 0.3) is 0 Å². The van der Waals surface area contributed by atoms with Gasteiger partial charge in [-0.05, 0) is 79.1 Å². The summed E-state index contributed by atoms with van der Waals surface area (Å²) in [6, 6.07) is 0. The molecule has 0 radical (unpaired) electrons. The average molecular weight is 627 g/mol. The van der Waals surface area contributed by atoms with Gasteiger partial charge >= 0.3 is 0 Å². The van der Waals surface area contributed by atoms with Crippen molar-refractivity contribution in [1.29, 1.82) is 0 Å². The van der Waals surface area contributed by atoms with Crippen LogP contribution in [0.5, 0.6) is 0 Å². The molecule has 4 heteroatoms. The number of hydrogen-bond donors (Lipinski definition) is 0. The van der Waals surface area contributed by atoms with E-state index in [1.807, 2.05) is 0 Å². The molecular formula is C40H82O4. The second-order valence-corrected chi connectivity index (χ2v) is 14.1. The van der Waals surface area contributed by atoms with Crippen molar-refractivity contribution in [1.82, 2.24) is 0 Å². The molecule has 0 saturated heterocycles. The summed E-state index contributed by atoms with van der Waals surface area (Å²) in [7, 11) is 0.